The van der Waals surface area contributed by atoms with Gasteiger partial charge in [-0.3, -0.25) is 4.90 Å². The van der Waals surface area contributed by atoms with E-state index in [0.717, 1.165) is 69.1 Å². The summed E-state index contributed by atoms with van der Waals surface area (Å²) in [5.41, 5.74) is 5.20. The molecule has 1 aliphatic heterocycles. The van der Waals surface area contributed by atoms with Crippen molar-refractivity contribution in [3.05, 3.63) is 47.4 Å². The molecule has 30 heavy (non-hydrogen) atoms. The first kappa shape index (κ1) is 19.5. The molecule has 1 aromatic carbocycles. The third-order valence-electron chi connectivity index (χ3n) is 6.27. The van der Waals surface area contributed by atoms with Crippen LogP contribution in [0.3, 0.4) is 0 Å². The number of methoxy groups -OCH3 is 1. The fraction of sp³-hybridized carbons (Fsp3) is 0.478. The van der Waals surface area contributed by atoms with E-state index in [1.165, 1.54) is 42.0 Å². The Bertz CT molecular complexity index is 1020. The Morgan fingerprint density at radius 3 is 2.57 bits per heavy atom. The number of aryl methyl sites for hydroxylation is 1. The quantitative estimate of drug-likeness (QED) is 0.648. The molecule has 0 saturated carbocycles. The lowest BCUT2D eigenvalue weighted by Gasteiger charge is -2.37. The van der Waals surface area contributed by atoms with E-state index in [9.17, 15) is 4.39 Å². The van der Waals surface area contributed by atoms with Gasteiger partial charge in [0, 0.05) is 62.7 Å². The predicted molar refractivity (Wildman–Crippen MR) is 116 cm³/mol. The van der Waals surface area contributed by atoms with E-state index in [-0.39, 0.29) is 5.82 Å². The lowest BCUT2D eigenvalue weighted by Crippen LogP contribution is -2.48. The monoisotopic (exact) mass is 409 g/mol. The van der Waals surface area contributed by atoms with Crippen LogP contribution in [0.2, 0.25) is 0 Å². The molecule has 1 aliphatic carbocycles. The Balaban J connectivity index is 1.53. The molecule has 0 N–H and O–H groups in total. The summed E-state index contributed by atoms with van der Waals surface area (Å²) in [5.74, 6) is 0.970. The molecular weight excluding hydrogens is 381 g/mol. The predicted octanol–water partition coefficient (Wildman–Crippen LogP) is 3.18. The number of hydrogen-bond donors (Lipinski definition) is 0. The molecule has 2 aromatic heterocycles. The second-order valence-electron chi connectivity index (χ2n) is 8.20. The van der Waals surface area contributed by atoms with Crippen molar-refractivity contribution in [2.45, 2.75) is 25.7 Å². The maximum atomic E-state index is 13.4. The minimum atomic E-state index is -0.233. The summed E-state index contributed by atoms with van der Waals surface area (Å²) in [6, 6.07) is 8.56. The van der Waals surface area contributed by atoms with Gasteiger partial charge in [-0.15, -0.1) is 0 Å². The molecule has 3 aromatic rings. The zero-order chi connectivity index (χ0) is 20.5. The summed E-state index contributed by atoms with van der Waals surface area (Å²) in [5, 5.41) is 4.92. The molecule has 3 heterocycles. The van der Waals surface area contributed by atoms with Crippen LogP contribution < -0.4 is 4.90 Å². The first-order valence-corrected chi connectivity index (χ1v) is 10.9. The van der Waals surface area contributed by atoms with Crippen LogP contribution in [0.4, 0.5) is 10.2 Å². The van der Waals surface area contributed by atoms with Crippen LogP contribution in [0.25, 0.3) is 16.9 Å². The van der Waals surface area contributed by atoms with Gasteiger partial charge in [-0.05, 0) is 49.9 Å². The molecule has 1 fully saturated rings. The Hall–Kier alpha value is -2.51. The van der Waals surface area contributed by atoms with Crippen LogP contribution in [0.5, 0.6) is 0 Å². The van der Waals surface area contributed by atoms with Crippen LogP contribution in [0.15, 0.2) is 30.3 Å². The van der Waals surface area contributed by atoms with Gasteiger partial charge in [0.15, 0.2) is 5.65 Å². The molecule has 0 radical (unpaired) electrons. The third-order valence-corrected chi connectivity index (χ3v) is 6.27. The zero-order valence-corrected chi connectivity index (χ0v) is 17.5. The van der Waals surface area contributed by atoms with E-state index in [2.05, 4.69) is 9.80 Å². The number of rotatable bonds is 5. The summed E-state index contributed by atoms with van der Waals surface area (Å²) in [7, 11) is 1.76. The normalized spacial score (nSPS) is 17.5. The second kappa shape index (κ2) is 8.32. The van der Waals surface area contributed by atoms with E-state index < -0.39 is 0 Å². The number of nitrogens with zero attached hydrogens (tertiary/aromatic N) is 5. The van der Waals surface area contributed by atoms with Crippen LogP contribution in [-0.4, -0.2) is 65.9 Å². The lowest BCUT2D eigenvalue weighted by molar-refractivity contribution is 0.144. The molecule has 6 nitrogen and oxygen atoms in total. The van der Waals surface area contributed by atoms with Gasteiger partial charge in [-0.25, -0.2) is 9.37 Å². The summed E-state index contributed by atoms with van der Waals surface area (Å²) in [6.07, 6.45) is 4.49. The van der Waals surface area contributed by atoms with Gasteiger partial charge in [0.25, 0.3) is 0 Å². The summed E-state index contributed by atoms with van der Waals surface area (Å²) in [6.45, 7) is 5.74. The molecule has 0 spiro atoms. The fourth-order valence-corrected chi connectivity index (χ4v) is 4.62. The van der Waals surface area contributed by atoms with E-state index in [4.69, 9.17) is 14.8 Å². The van der Waals surface area contributed by atoms with Crippen molar-refractivity contribution >= 4 is 11.5 Å². The number of aromatic nitrogens is 3. The molecule has 0 bridgehead atoms. The Labute approximate surface area is 176 Å². The van der Waals surface area contributed by atoms with Crippen molar-refractivity contribution in [3.63, 3.8) is 0 Å². The first-order valence-electron chi connectivity index (χ1n) is 10.9. The van der Waals surface area contributed by atoms with Gasteiger partial charge in [-0.2, -0.15) is 9.61 Å². The average molecular weight is 410 g/mol. The standard InChI is InChI=1S/C23H28FN5O/c1-30-15-14-27-10-12-28(13-11-27)23-19-4-2-3-5-20(19)25-22-16-21(26-29(22)23)17-6-8-18(24)9-7-17/h6-9,16H,2-5,10-15H2,1H3. The molecule has 0 amide bonds. The van der Waals surface area contributed by atoms with Crippen LogP contribution in [0.1, 0.15) is 24.1 Å². The highest BCUT2D eigenvalue weighted by molar-refractivity contribution is 5.67. The van der Waals surface area contributed by atoms with Crippen molar-refractivity contribution < 1.29 is 9.13 Å². The lowest BCUT2D eigenvalue weighted by atomic mass is 9.96. The molecule has 7 heteroatoms. The van der Waals surface area contributed by atoms with Crippen LogP contribution >= 0.6 is 0 Å². The average Bonchev–Trinajstić information content (AvgIpc) is 3.20. The third kappa shape index (κ3) is 3.68. The molecule has 1 saturated heterocycles. The molecular formula is C23H28FN5O. The minimum absolute atomic E-state index is 0.233. The largest absolute Gasteiger partial charge is 0.383 e. The SMILES string of the molecule is COCCN1CCN(c2c3c(nc4cc(-c5ccc(F)cc5)nn24)CCCC3)CC1. The van der Waals surface area contributed by atoms with Gasteiger partial charge in [-0.1, -0.05) is 0 Å². The van der Waals surface area contributed by atoms with Gasteiger partial charge in [0.05, 0.1) is 12.3 Å². The Kier molecular flexibility index (Phi) is 5.39. The summed E-state index contributed by atoms with van der Waals surface area (Å²) < 4.78 is 20.6. The fourth-order valence-electron chi connectivity index (χ4n) is 4.62. The van der Waals surface area contributed by atoms with E-state index >= 15 is 0 Å². The molecule has 5 rings (SSSR count). The Morgan fingerprint density at radius 1 is 1.03 bits per heavy atom. The molecule has 0 atom stereocenters. The van der Waals surface area contributed by atoms with Crippen molar-refractivity contribution in [1.29, 1.82) is 0 Å². The highest BCUT2D eigenvalue weighted by Gasteiger charge is 2.26. The van der Waals surface area contributed by atoms with Gasteiger partial charge < -0.3 is 9.64 Å². The van der Waals surface area contributed by atoms with Gasteiger partial charge >= 0.3 is 0 Å². The number of anilines is 1. The highest BCUT2D eigenvalue weighted by Crippen LogP contribution is 2.32. The van der Waals surface area contributed by atoms with Gasteiger partial charge in [0.1, 0.15) is 11.6 Å². The van der Waals surface area contributed by atoms with Crippen molar-refractivity contribution in [3.8, 4) is 11.3 Å². The number of ether oxygens (including phenoxy) is 1. The van der Waals surface area contributed by atoms with Crippen LogP contribution in [-0.2, 0) is 17.6 Å². The number of benzene rings is 1. The van der Waals surface area contributed by atoms with Crippen molar-refractivity contribution in [2.75, 3.05) is 51.3 Å². The van der Waals surface area contributed by atoms with E-state index in [0.29, 0.717) is 0 Å². The molecule has 158 valence electrons. The highest BCUT2D eigenvalue weighted by atomic mass is 19.1. The smallest absolute Gasteiger partial charge is 0.158 e. The van der Waals surface area contributed by atoms with E-state index in [1.807, 2.05) is 10.6 Å². The van der Waals surface area contributed by atoms with Crippen LogP contribution in [0, 0.1) is 5.82 Å². The minimum Gasteiger partial charge on any atom is -0.383 e. The van der Waals surface area contributed by atoms with Crippen molar-refractivity contribution in [2.24, 2.45) is 0 Å². The van der Waals surface area contributed by atoms with Gasteiger partial charge in [0.2, 0.25) is 0 Å². The van der Waals surface area contributed by atoms with E-state index in [1.54, 1.807) is 19.2 Å². The maximum absolute atomic E-state index is 13.4. The summed E-state index contributed by atoms with van der Waals surface area (Å²) in [4.78, 5) is 9.90. The van der Waals surface area contributed by atoms with Crippen molar-refractivity contribution in [1.82, 2.24) is 19.5 Å². The second-order valence-corrected chi connectivity index (χ2v) is 8.20. The maximum Gasteiger partial charge on any atom is 0.158 e. The number of fused-ring (bicyclic) bond motifs is 2. The molecule has 2 aliphatic rings. The topological polar surface area (TPSA) is 45.9 Å². The number of piperazine rings is 1. The Morgan fingerprint density at radius 2 is 1.80 bits per heavy atom. The summed E-state index contributed by atoms with van der Waals surface area (Å²) >= 11 is 0. The zero-order valence-electron chi connectivity index (χ0n) is 17.5. The molecule has 0 unspecified atom stereocenters. The first-order chi connectivity index (χ1) is 14.7. The number of hydrogen-bond acceptors (Lipinski definition) is 5. The number of halogens is 1.